The van der Waals surface area contributed by atoms with E-state index in [1.807, 2.05) is 19.9 Å². The molecule has 3 atom stereocenters. The highest BCUT2D eigenvalue weighted by atomic mass is 16.1. The number of allylic oxidation sites excluding steroid dienone is 2. The van der Waals surface area contributed by atoms with Crippen LogP contribution in [0.1, 0.15) is 33.1 Å². The zero-order chi connectivity index (χ0) is 10.3. The maximum absolute atomic E-state index is 11.8. The third kappa shape index (κ3) is 1.17. The highest BCUT2D eigenvalue weighted by molar-refractivity contribution is 6.01. The normalized spacial score (nSPS) is 42.4. The third-order valence-electron chi connectivity index (χ3n) is 3.79. The number of Topliss-reactive ketones (excluding diaryl/α,β-unsaturated/α-hetero) is 1. The fourth-order valence-electron chi connectivity index (χ4n) is 2.99. The fourth-order valence-corrected chi connectivity index (χ4v) is 2.99. The van der Waals surface area contributed by atoms with Crippen LogP contribution in [0, 0.1) is 17.3 Å². The van der Waals surface area contributed by atoms with Crippen molar-refractivity contribution in [1.29, 1.82) is 0 Å². The summed E-state index contributed by atoms with van der Waals surface area (Å²) in [5.74, 6) is 0.594. The maximum atomic E-state index is 11.8. The molecular formula is C12H16O2. The van der Waals surface area contributed by atoms with Crippen LogP contribution in [0.2, 0.25) is 0 Å². The summed E-state index contributed by atoms with van der Waals surface area (Å²) in [5.41, 5.74) is -0.399. The Kier molecular flexibility index (Phi) is 2.09. The summed E-state index contributed by atoms with van der Waals surface area (Å²) in [6.45, 7) is 3.99. The monoisotopic (exact) mass is 192 g/mol. The molecule has 0 radical (unpaired) electrons. The van der Waals surface area contributed by atoms with Gasteiger partial charge >= 0.3 is 0 Å². The first kappa shape index (κ1) is 9.63. The lowest BCUT2D eigenvalue weighted by Gasteiger charge is -2.43. The summed E-state index contributed by atoms with van der Waals surface area (Å²) < 4.78 is 0. The molecule has 14 heavy (non-hydrogen) atoms. The molecule has 0 amide bonds. The Morgan fingerprint density at radius 1 is 1.43 bits per heavy atom. The molecule has 0 unspecified atom stereocenters. The average molecular weight is 192 g/mol. The first-order valence-electron chi connectivity index (χ1n) is 5.31. The SMILES string of the molecule is C[C@@H]1C=CC(=O)[C@]2(C)CCCC(=O)[C@@H]12. The van der Waals surface area contributed by atoms with Gasteiger partial charge in [-0.25, -0.2) is 0 Å². The van der Waals surface area contributed by atoms with Crippen LogP contribution in [0.5, 0.6) is 0 Å². The Bertz CT molecular complexity index is 316. The average Bonchev–Trinajstić information content (AvgIpc) is 2.12. The van der Waals surface area contributed by atoms with E-state index in [1.165, 1.54) is 0 Å². The second kappa shape index (κ2) is 3.04. The third-order valence-corrected chi connectivity index (χ3v) is 3.79. The van der Waals surface area contributed by atoms with Crippen LogP contribution in [0.4, 0.5) is 0 Å². The molecule has 1 fully saturated rings. The van der Waals surface area contributed by atoms with Crippen LogP contribution >= 0.6 is 0 Å². The summed E-state index contributed by atoms with van der Waals surface area (Å²) in [5, 5.41) is 0. The number of rotatable bonds is 0. The highest BCUT2D eigenvalue weighted by Crippen LogP contribution is 2.46. The Labute approximate surface area is 84.4 Å². The standard InChI is InChI=1S/C12H16O2/c1-8-5-6-10(14)12(2)7-3-4-9(13)11(8)12/h5-6,8,11H,3-4,7H2,1-2H3/t8-,11-,12+/m1/s1. The summed E-state index contributed by atoms with van der Waals surface area (Å²) in [6, 6.07) is 0. The molecule has 0 aromatic heterocycles. The molecular weight excluding hydrogens is 176 g/mol. The second-order valence-corrected chi connectivity index (χ2v) is 4.80. The maximum Gasteiger partial charge on any atom is 0.161 e. The van der Waals surface area contributed by atoms with Crippen molar-refractivity contribution in [3.05, 3.63) is 12.2 Å². The zero-order valence-electron chi connectivity index (χ0n) is 8.75. The Balaban J connectivity index is 2.44. The van der Waals surface area contributed by atoms with Crippen LogP contribution in [-0.2, 0) is 9.59 Å². The van der Waals surface area contributed by atoms with Crippen LogP contribution in [0.15, 0.2) is 12.2 Å². The molecule has 2 rings (SSSR count). The Hall–Kier alpha value is -0.920. The van der Waals surface area contributed by atoms with Gasteiger partial charge in [-0.1, -0.05) is 19.9 Å². The van der Waals surface area contributed by atoms with Crippen molar-refractivity contribution in [3.63, 3.8) is 0 Å². The lowest BCUT2D eigenvalue weighted by atomic mass is 9.58. The van der Waals surface area contributed by atoms with E-state index >= 15 is 0 Å². The van der Waals surface area contributed by atoms with Crippen LogP contribution in [0.3, 0.4) is 0 Å². The van der Waals surface area contributed by atoms with Crippen LogP contribution in [-0.4, -0.2) is 11.6 Å². The van der Waals surface area contributed by atoms with E-state index in [-0.39, 0.29) is 23.4 Å². The molecule has 0 aromatic rings. The topological polar surface area (TPSA) is 34.1 Å². The first-order valence-corrected chi connectivity index (χ1v) is 5.31. The van der Waals surface area contributed by atoms with Crippen molar-refractivity contribution in [2.45, 2.75) is 33.1 Å². The summed E-state index contributed by atoms with van der Waals surface area (Å²) >= 11 is 0. The van der Waals surface area contributed by atoms with Gasteiger partial charge in [0.2, 0.25) is 0 Å². The number of carbonyl (C=O) groups is 2. The zero-order valence-corrected chi connectivity index (χ0v) is 8.75. The highest BCUT2D eigenvalue weighted by Gasteiger charge is 2.49. The molecule has 2 heteroatoms. The molecule has 2 aliphatic rings. The van der Waals surface area contributed by atoms with E-state index in [0.29, 0.717) is 6.42 Å². The molecule has 0 saturated heterocycles. The molecule has 0 N–H and O–H groups in total. The minimum atomic E-state index is -0.399. The minimum absolute atomic E-state index is 0.0613. The van der Waals surface area contributed by atoms with Crippen molar-refractivity contribution < 1.29 is 9.59 Å². The molecule has 1 saturated carbocycles. The largest absolute Gasteiger partial charge is 0.299 e. The molecule has 0 heterocycles. The predicted molar refractivity (Wildman–Crippen MR) is 53.8 cm³/mol. The van der Waals surface area contributed by atoms with Crippen molar-refractivity contribution in [3.8, 4) is 0 Å². The molecule has 76 valence electrons. The van der Waals surface area contributed by atoms with E-state index < -0.39 is 5.41 Å². The predicted octanol–water partition coefficient (Wildman–Crippen LogP) is 2.14. The van der Waals surface area contributed by atoms with Crippen LogP contribution in [0.25, 0.3) is 0 Å². The van der Waals surface area contributed by atoms with Gasteiger partial charge in [0.1, 0.15) is 5.78 Å². The number of carbonyl (C=O) groups excluding carboxylic acids is 2. The molecule has 0 aromatic carbocycles. The Morgan fingerprint density at radius 3 is 2.79 bits per heavy atom. The van der Waals surface area contributed by atoms with Gasteiger partial charge in [0, 0.05) is 17.8 Å². The molecule has 0 aliphatic heterocycles. The number of fused-ring (bicyclic) bond motifs is 1. The van der Waals surface area contributed by atoms with Gasteiger partial charge in [-0.15, -0.1) is 0 Å². The minimum Gasteiger partial charge on any atom is -0.299 e. The van der Waals surface area contributed by atoms with Crippen molar-refractivity contribution >= 4 is 11.6 Å². The lowest BCUT2D eigenvalue weighted by molar-refractivity contribution is -0.142. The number of hydrogen-bond acceptors (Lipinski definition) is 2. The summed E-state index contributed by atoms with van der Waals surface area (Å²) in [7, 11) is 0. The number of ketones is 2. The van der Waals surface area contributed by atoms with Gasteiger partial charge in [-0.2, -0.15) is 0 Å². The van der Waals surface area contributed by atoms with Gasteiger partial charge < -0.3 is 0 Å². The molecule has 2 nitrogen and oxygen atoms in total. The van der Waals surface area contributed by atoms with Gasteiger partial charge in [-0.3, -0.25) is 9.59 Å². The Morgan fingerprint density at radius 2 is 2.14 bits per heavy atom. The number of hydrogen-bond donors (Lipinski definition) is 0. The van der Waals surface area contributed by atoms with Gasteiger partial charge in [0.25, 0.3) is 0 Å². The second-order valence-electron chi connectivity index (χ2n) is 4.80. The smallest absolute Gasteiger partial charge is 0.161 e. The van der Waals surface area contributed by atoms with E-state index in [9.17, 15) is 9.59 Å². The van der Waals surface area contributed by atoms with E-state index in [2.05, 4.69) is 0 Å². The van der Waals surface area contributed by atoms with E-state index in [0.717, 1.165) is 12.8 Å². The van der Waals surface area contributed by atoms with Crippen molar-refractivity contribution in [2.75, 3.05) is 0 Å². The molecule has 0 spiro atoms. The molecule has 0 bridgehead atoms. The quantitative estimate of drug-likeness (QED) is 0.589. The van der Waals surface area contributed by atoms with Crippen molar-refractivity contribution in [2.24, 2.45) is 17.3 Å². The first-order chi connectivity index (χ1) is 6.55. The van der Waals surface area contributed by atoms with E-state index in [4.69, 9.17) is 0 Å². The summed E-state index contributed by atoms with van der Waals surface area (Å²) in [6.07, 6.45) is 5.96. The molecule has 2 aliphatic carbocycles. The van der Waals surface area contributed by atoms with Gasteiger partial charge in [0.05, 0.1) is 0 Å². The fraction of sp³-hybridized carbons (Fsp3) is 0.667. The van der Waals surface area contributed by atoms with Gasteiger partial charge in [-0.05, 0) is 24.8 Å². The van der Waals surface area contributed by atoms with E-state index in [1.54, 1.807) is 6.08 Å². The van der Waals surface area contributed by atoms with Gasteiger partial charge in [0.15, 0.2) is 5.78 Å². The lowest BCUT2D eigenvalue weighted by Crippen LogP contribution is -2.47. The summed E-state index contributed by atoms with van der Waals surface area (Å²) in [4.78, 5) is 23.6. The van der Waals surface area contributed by atoms with Crippen LogP contribution < -0.4 is 0 Å². The van der Waals surface area contributed by atoms with Crippen molar-refractivity contribution in [1.82, 2.24) is 0 Å².